The normalized spacial score (nSPS) is 19.5. The monoisotopic (exact) mass is 220 g/mol. The van der Waals surface area contributed by atoms with Crippen LogP contribution < -0.4 is 0 Å². The lowest BCUT2D eigenvalue weighted by molar-refractivity contribution is -0.148. The maximum Gasteiger partial charge on any atom is 0.309 e. The highest BCUT2D eigenvalue weighted by Crippen LogP contribution is 2.47. The molecule has 1 aliphatic rings. The molecule has 0 aliphatic heterocycles. The zero-order valence-electron chi connectivity index (χ0n) is 9.53. The molecule has 0 radical (unpaired) electrons. The van der Waals surface area contributed by atoms with Gasteiger partial charge in [-0.3, -0.25) is 4.79 Å². The van der Waals surface area contributed by atoms with Crippen molar-refractivity contribution in [2.45, 2.75) is 32.6 Å². The lowest BCUT2D eigenvalue weighted by atomic mass is 9.75. The third-order valence-corrected chi connectivity index (χ3v) is 3.67. The van der Waals surface area contributed by atoms with E-state index in [0.29, 0.717) is 5.75 Å². The summed E-state index contributed by atoms with van der Waals surface area (Å²) < 4.78 is 0. The van der Waals surface area contributed by atoms with E-state index >= 15 is 0 Å². The van der Waals surface area contributed by atoms with Gasteiger partial charge >= 0.3 is 5.97 Å². The number of fused-ring (bicyclic) bond motifs is 1. The smallest absolute Gasteiger partial charge is 0.309 e. The van der Waals surface area contributed by atoms with Crippen LogP contribution in [0.25, 0.3) is 0 Å². The average molecular weight is 220 g/mol. The van der Waals surface area contributed by atoms with E-state index < -0.39 is 11.4 Å². The number of hydrogen-bond donors (Lipinski definition) is 2. The molecule has 0 amide bonds. The number of rotatable bonds is 2. The van der Waals surface area contributed by atoms with Gasteiger partial charge < -0.3 is 10.2 Å². The van der Waals surface area contributed by atoms with Crippen LogP contribution in [0.15, 0.2) is 18.2 Å². The summed E-state index contributed by atoms with van der Waals surface area (Å²) in [6, 6.07) is 5.37. The van der Waals surface area contributed by atoms with E-state index in [1.807, 2.05) is 6.07 Å². The van der Waals surface area contributed by atoms with Gasteiger partial charge in [0.1, 0.15) is 5.75 Å². The maximum absolute atomic E-state index is 11.2. The number of aromatic hydroxyl groups is 1. The summed E-state index contributed by atoms with van der Waals surface area (Å²) in [5.41, 5.74) is 1.13. The number of aliphatic carboxylic acids is 1. The highest BCUT2D eigenvalue weighted by Gasteiger charge is 2.41. The van der Waals surface area contributed by atoms with E-state index in [9.17, 15) is 15.0 Å². The van der Waals surface area contributed by atoms with Gasteiger partial charge in [0, 0.05) is 5.92 Å². The van der Waals surface area contributed by atoms with E-state index in [1.54, 1.807) is 26.0 Å². The maximum atomic E-state index is 11.2. The highest BCUT2D eigenvalue weighted by atomic mass is 16.4. The van der Waals surface area contributed by atoms with E-state index in [2.05, 4.69) is 0 Å². The molecular formula is C13H16O3. The summed E-state index contributed by atoms with van der Waals surface area (Å²) in [5.74, 6) is -0.498. The van der Waals surface area contributed by atoms with Gasteiger partial charge in [-0.05, 0) is 43.9 Å². The van der Waals surface area contributed by atoms with Crippen LogP contribution in [0.5, 0.6) is 5.75 Å². The molecule has 3 heteroatoms. The summed E-state index contributed by atoms with van der Waals surface area (Å²) in [7, 11) is 0. The Hall–Kier alpha value is -1.51. The van der Waals surface area contributed by atoms with E-state index in [-0.39, 0.29) is 5.92 Å². The van der Waals surface area contributed by atoms with E-state index in [1.165, 1.54) is 0 Å². The second-order valence-electron chi connectivity index (χ2n) is 4.96. The fourth-order valence-electron chi connectivity index (χ4n) is 2.53. The van der Waals surface area contributed by atoms with Crippen LogP contribution in [0, 0.1) is 5.41 Å². The van der Waals surface area contributed by atoms with Crippen LogP contribution in [0.1, 0.15) is 37.3 Å². The fraction of sp³-hybridized carbons (Fsp3) is 0.462. The standard InChI is InChI=1S/C13H16O3/c1-13(2,12(15)16)10-7-6-9-8(10)4-3-5-11(9)14/h3-5,10,14H,6-7H2,1-2H3,(H,15,16). The third-order valence-electron chi connectivity index (χ3n) is 3.67. The number of carboxylic acid groups (broad SMARTS) is 1. The second kappa shape index (κ2) is 3.51. The van der Waals surface area contributed by atoms with Crippen LogP contribution >= 0.6 is 0 Å². The minimum atomic E-state index is -0.784. The van der Waals surface area contributed by atoms with Gasteiger partial charge in [0.2, 0.25) is 0 Å². The first-order chi connectivity index (χ1) is 7.44. The van der Waals surface area contributed by atoms with Gasteiger partial charge in [-0.25, -0.2) is 0 Å². The lowest BCUT2D eigenvalue weighted by Crippen LogP contribution is -2.30. The number of hydrogen-bond acceptors (Lipinski definition) is 2. The van der Waals surface area contributed by atoms with Gasteiger partial charge in [-0.1, -0.05) is 12.1 Å². The molecule has 1 aromatic carbocycles. The van der Waals surface area contributed by atoms with Crippen LogP contribution in [-0.4, -0.2) is 16.2 Å². The molecule has 0 saturated heterocycles. The topological polar surface area (TPSA) is 57.5 Å². The van der Waals surface area contributed by atoms with E-state index in [0.717, 1.165) is 24.0 Å². The SMILES string of the molecule is CC(C)(C(=O)O)C1CCc2c(O)cccc21. The first-order valence-corrected chi connectivity index (χ1v) is 5.48. The molecule has 0 heterocycles. The first kappa shape index (κ1) is 11.0. The van der Waals surface area contributed by atoms with Crippen molar-refractivity contribution in [2.24, 2.45) is 5.41 Å². The quantitative estimate of drug-likeness (QED) is 0.805. The van der Waals surface area contributed by atoms with E-state index in [4.69, 9.17) is 0 Å². The molecule has 0 saturated carbocycles. The fourth-order valence-corrected chi connectivity index (χ4v) is 2.53. The summed E-state index contributed by atoms with van der Waals surface area (Å²) in [6.45, 7) is 3.50. The average Bonchev–Trinajstić information content (AvgIpc) is 2.63. The molecular weight excluding hydrogens is 204 g/mol. The molecule has 1 atom stereocenters. The van der Waals surface area contributed by atoms with Crippen molar-refractivity contribution in [1.29, 1.82) is 0 Å². The molecule has 2 N–H and O–H groups in total. The predicted octanol–water partition coefficient (Wildman–Crippen LogP) is 2.53. The van der Waals surface area contributed by atoms with Gasteiger partial charge in [0.05, 0.1) is 5.41 Å². The van der Waals surface area contributed by atoms with Gasteiger partial charge in [-0.15, -0.1) is 0 Å². The molecule has 0 bridgehead atoms. The first-order valence-electron chi connectivity index (χ1n) is 5.48. The summed E-state index contributed by atoms with van der Waals surface area (Å²) in [5, 5.41) is 18.9. The van der Waals surface area contributed by atoms with Crippen molar-refractivity contribution in [2.75, 3.05) is 0 Å². The van der Waals surface area contributed by atoms with Crippen LogP contribution in [0.2, 0.25) is 0 Å². The summed E-state index contributed by atoms with van der Waals surface area (Å²) in [6.07, 6.45) is 1.57. The molecule has 1 unspecified atom stereocenters. The molecule has 0 spiro atoms. The molecule has 0 fully saturated rings. The molecule has 3 nitrogen and oxygen atoms in total. The van der Waals surface area contributed by atoms with Crippen molar-refractivity contribution in [1.82, 2.24) is 0 Å². The summed E-state index contributed by atoms with van der Waals surface area (Å²) in [4.78, 5) is 11.2. The molecule has 16 heavy (non-hydrogen) atoms. The van der Waals surface area contributed by atoms with Crippen LogP contribution in [0.4, 0.5) is 0 Å². The Morgan fingerprint density at radius 3 is 2.75 bits per heavy atom. The Labute approximate surface area is 94.7 Å². The minimum Gasteiger partial charge on any atom is -0.508 e. The predicted molar refractivity (Wildman–Crippen MR) is 60.6 cm³/mol. The minimum absolute atomic E-state index is 0.00731. The number of benzene rings is 1. The molecule has 86 valence electrons. The number of carboxylic acids is 1. The molecule has 1 aliphatic carbocycles. The van der Waals surface area contributed by atoms with Crippen LogP contribution in [-0.2, 0) is 11.2 Å². The van der Waals surface area contributed by atoms with Crippen molar-refractivity contribution in [3.05, 3.63) is 29.3 Å². The zero-order valence-corrected chi connectivity index (χ0v) is 9.53. The molecule has 0 aromatic heterocycles. The van der Waals surface area contributed by atoms with Gasteiger partial charge in [0.15, 0.2) is 0 Å². The Bertz CT molecular complexity index is 435. The second-order valence-corrected chi connectivity index (χ2v) is 4.96. The number of phenols is 1. The Balaban J connectivity index is 2.45. The molecule has 2 rings (SSSR count). The lowest BCUT2D eigenvalue weighted by Gasteiger charge is -2.27. The Morgan fingerprint density at radius 1 is 1.44 bits per heavy atom. The Kier molecular flexibility index (Phi) is 2.41. The Morgan fingerprint density at radius 2 is 2.12 bits per heavy atom. The van der Waals surface area contributed by atoms with Crippen molar-refractivity contribution in [3.8, 4) is 5.75 Å². The molecule has 1 aromatic rings. The van der Waals surface area contributed by atoms with Crippen LogP contribution in [0.3, 0.4) is 0 Å². The number of phenolic OH excluding ortho intramolecular Hbond substituents is 1. The zero-order chi connectivity index (χ0) is 11.9. The largest absolute Gasteiger partial charge is 0.508 e. The van der Waals surface area contributed by atoms with Crippen molar-refractivity contribution < 1.29 is 15.0 Å². The van der Waals surface area contributed by atoms with Gasteiger partial charge in [-0.2, -0.15) is 0 Å². The van der Waals surface area contributed by atoms with Gasteiger partial charge in [0.25, 0.3) is 0 Å². The summed E-state index contributed by atoms with van der Waals surface area (Å²) >= 11 is 0. The van der Waals surface area contributed by atoms with Crippen molar-refractivity contribution in [3.63, 3.8) is 0 Å². The van der Waals surface area contributed by atoms with Crippen molar-refractivity contribution >= 4 is 5.97 Å². The third kappa shape index (κ3) is 1.47. The number of carbonyl (C=O) groups is 1. The highest BCUT2D eigenvalue weighted by molar-refractivity contribution is 5.75.